The highest BCUT2D eigenvalue weighted by Crippen LogP contribution is 2.56. The van der Waals surface area contributed by atoms with Crippen molar-refractivity contribution in [3.8, 4) is 0 Å². The quantitative estimate of drug-likeness (QED) is 0.729. The molecule has 1 fully saturated rings. The molecular weight excluding hydrogens is 409 g/mol. The first-order valence-electron chi connectivity index (χ1n) is 9.44. The zero-order valence-electron chi connectivity index (χ0n) is 17.2. The Kier molecular flexibility index (Phi) is 5.49. The van der Waals surface area contributed by atoms with E-state index in [0.29, 0.717) is 11.8 Å². The van der Waals surface area contributed by atoms with E-state index < -0.39 is 44.1 Å². The molecule has 1 saturated carbocycles. The van der Waals surface area contributed by atoms with Gasteiger partial charge in [-0.3, -0.25) is 0 Å². The van der Waals surface area contributed by atoms with E-state index in [-0.39, 0.29) is 4.90 Å². The first-order valence-corrected chi connectivity index (χ1v) is 11.0. The Morgan fingerprint density at radius 1 is 1.10 bits per heavy atom. The number of benzene rings is 2. The lowest BCUT2D eigenvalue weighted by atomic mass is 10.1. The highest BCUT2D eigenvalue weighted by atomic mass is 32.2. The molecule has 1 aliphatic carbocycles. The largest absolute Gasteiger partial charge is 0.444 e. The van der Waals surface area contributed by atoms with Gasteiger partial charge in [-0.05, 0) is 57.5 Å². The summed E-state index contributed by atoms with van der Waals surface area (Å²) in [5.41, 5.74) is -1.24. The summed E-state index contributed by atoms with van der Waals surface area (Å²) in [4.78, 5) is 24.6. The molecule has 8 heteroatoms. The van der Waals surface area contributed by atoms with Crippen molar-refractivity contribution in [1.29, 1.82) is 0 Å². The molecule has 0 aliphatic heterocycles. The fourth-order valence-electron chi connectivity index (χ4n) is 3.60. The molecule has 1 N–H and O–H groups in total. The average Bonchev–Trinajstić information content (AvgIpc) is 3.30. The van der Waals surface area contributed by atoms with Gasteiger partial charge in [0.15, 0.2) is 9.84 Å². The van der Waals surface area contributed by atoms with Gasteiger partial charge in [0.25, 0.3) is 0 Å². The Balaban J connectivity index is 2.04. The summed E-state index contributed by atoms with van der Waals surface area (Å²) in [5.74, 6) is -1.37. The number of ether oxygens (including phenoxy) is 1. The maximum absolute atomic E-state index is 13.4. The predicted molar refractivity (Wildman–Crippen MR) is 109 cm³/mol. The van der Waals surface area contributed by atoms with Crippen LogP contribution in [0.15, 0.2) is 53.4 Å². The van der Waals surface area contributed by atoms with E-state index in [1.807, 2.05) is 6.92 Å². The van der Waals surface area contributed by atoms with Crippen LogP contribution in [0.4, 0.5) is 9.18 Å². The molecule has 30 heavy (non-hydrogen) atoms. The average molecular weight is 434 g/mol. The number of sulfone groups is 1. The molecular formula is C22H24FNO5S. The fraction of sp³-hybridized carbons (Fsp3) is 0.364. The number of nitrogens with one attached hydrogen (secondary N) is 1. The number of rotatable bonds is 5. The van der Waals surface area contributed by atoms with Crippen LogP contribution >= 0.6 is 0 Å². The van der Waals surface area contributed by atoms with E-state index in [1.54, 1.807) is 32.9 Å². The normalized spacial score (nSPS) is 23.5. The van der Waals surface area contributed by atoms with Gasteiger partial charge in [0, 0.05) is 5.92 Å². The van der Waals surface area contributed by atoms with Crippen LogP contribution in [0.5, 0.6) is 0 Å². The maximum atomic E-state index is 13.4. The van der Waals surface area contributed by atoms with Gasteiger partial charge in [-0.15, -0.1) is 0 Å². The molecule has 0 aromatic heterocycles. The summed E-state index contributed by atoms with van der Waals surface area (Å²) in [6.07, 6.45) is -0.468. The number of aldehydes is 1. The van der Waals surface area contributed by atoms with Crippen molar-refractivity contribution in [1.82, 2.24) is 5.32 Å². The minimum atomic E-state index is -3.99. The van der Waals surface area contributed by atoms with Crippen LogP contribution in [0.1, 0.15) is 37.8 Å². The Labute approximate surface area is 175 Å². The van der Waals surface area contributed by atoms with E-state index in [4.69, 9.17) is 4.74 Å². The third-order valence-electron chi connectivity index (χ3n) is 5.00. The molecule has 0 heterocycles. The molecule has 6 nitrogen and oxygen atoms in total. The molecule has 3 atom stereocenters. The molecule has 160 valence electrons. The minimum absolute atomic E-state index is 0.0416. The second-order valence-corrected chi connectivity index (χ2v) is 10.6. The van der Waals surface area contributed by atoms with Crippen LogP contribution < -0.4 is 5.32 Å². The van der Waals surface area contributed by atoms with Crippen molar-refractivity contribution in [2.75, 3.05) is 0 Å². The first kappa shape index (κ1) is 22.0. The molecule has 1 aliphatic rings. The Morgan fingerprint density at radius 2 is 1.67 bits per heavy atom. The van der Waals surface area contributed by atoms with Gasteiger partial charge in [0.1, 0.15) is 28.5 Å². The van der Waals surface area contributed by atoms with E-state index in [0.717, 1.165) is 5.56 Å². The van der Waals surface area contributed by atoms with Crippen molar-refractivity contribution in [2.24, 2.45) is 0 Å². The Hall–Kier alpha value is -2.74. The topological polar surface area (TPSA) is 89.5 Å². The summed E-state index contributed by atoms with van der Waals surface area (Å²) in [5, 5.41) is 1.22. The van der Waals surface area contributed by atoms with Crippen molar-refractivity contribution < 1.29 is 27.1 Å². The number of alkyl carbamates (subject to hydrolysis) is 1. The smallest absolute Gasteiger partial charge is 0.408 e. The molecule has 2 aromatic carbocycles. The zero-order valence-corrected chi connectivity index (χ0v) is 18.0. The van der Waals surface area contributed by atoms with Gasteiger partial charge in [0.2, 0.25) is 0 Å². The monoisotopic (exact) mass is 433 g/mol. The van der Waals surface area contributed by atoms with Gasteiger partial charge in [0.05, 0.1) is 4.90 Å². The lowest BCUT2D eigenvalue weighted by Gasteiger charge is -2.22. The molecule has 1 amide bonds. The third-order valence-corrected chi connectivity index (χ3v) is 7.26. The van der Waals surface area contributed by atoms with Gasteiger partial charge >= 0.3 is 6.09 Å². The fourth-order valence-corrected chi connectivity index (χ4v) is 5.85. The molecule has 0 bridgehead atoms. The van der Waals surface area contributed by atoms with Crippen molar-refractivity contribution in [2.45, 2.75) is 54.9 Å². The van der Waals surface area contributed by atoms with E-state index in [1.165, 1.54) is 36.4 Å². The number of hydrogen-bond acceptors (Lipinski definition) is 5. The molecule has 0 radical (unpaired) electrons. The Bertz CT molecular complexity index is 1060. The summed E-state index contributed by atoms with van der Waals surface area (Å²) in [7, 11) is -3.99. The van der Waals surface area contributed by atoms with Crippen LogP contribution in [0.3, 0.4) is 0 Å². The third kappa shape index (κ3) is 4.09. The lowest BCUT2D eigenvalue weighted by molar-refractivity contribution is -0.110. The molecule has 0 spiro atoms. The van der Waals surface area contributed by atoms with Crippen molar-refractivity contribution >= 4 is 22.2 Å². The van der Waals surface area contributed by atoms with Gasteiger partial charge < -0.3 is 14.8 Å². The lowest BCUT2D eigenvalue weighted by Crippen LogP contribution is -2.45. The van der Waals surface area contributed by atoms with E-state index in [2.05, 4.69) is 5.32 Å². The second kappa shape index (κ2) is 7.50. The SMILES string of the molecule is Cc1ccc(S(=O)(=O)[C@@H]2[C@H](c3ccc(F)cc3)[C@]2(C=O)NC(=O)OC(C)(C)C)cc1. The highest BCUT2D eigenvalue weighted by Gasteiger charge is 2.73. The van der Waals surface area contributed by atoms with Crippen LogP contribution in [0.2, 0.25) is 0 Å². The summed E-state index contributed by atoms with van der Waals surface area (Å²) in [6.45, 7) is 6.80. The van der Waals surface area contributed by atoms with Crippen LogP contribution in [0.25, 0.3) is 0 Å². The second-order valence-electron chi connectivity index (χ2n) is 8.49. The van der Waals surface area contributed by atoms with Gasteiger partial charge in [-0.2, -0.15) is 0 Å². The minimum Gasteiger partial charge on any atom is -0.444 e. The number of carbonyl (C=O) groups excluding carboxylic acids is 2. The number of halogens is 1. The number of aryl methyl sites for hydroxylation is 1. The van der Waals surface area contributed by atoms with Crippen LogP contribution in [-0.2, 0) is 19.4 Å². The summed E-state index contributed by atoms with van der Waals surface area (Å²) < 4.78 is 45.4. The van der Waals surface area contributed by atoms with Crippen molar-refractivity contribution in [3.63, 3.8) is 0 Å². The standard InChI is InChI=1S/C22H24FNO5S/c1-14-5-11-17(12-6-14)30(27,28)19-18(15-7-9-16(23)10-8-15)22(19,13-25)24-20(26)29-21(2,3)4/h5-13,18-19H,1-4H3,(H,24,26)/t18-,19+,22-/m0/s1. The van der Waals surface area contributed by atoms with E-state index >= 15 is 0 Å². The zero-order chi connectivity index (χ0) is 22.3. The van der Waals surface area contributed by atoms with Crippen LogP contribution in [0, 0.1) is 12.7 Å². The highest BCUT2D eigenvalue weighted by molar-refractivity contribution is 7.92. The first-order chi connectivity index (χ1) is 13.9. The number of carbonyl (C=O) groups is 2. The molecule has 2 aromatic rings. The van der Waals surface area contributed by atoms with Gasteiger partial charge in [-0.1, -0.05) is 29.8 Å². The maximum Gasteiger partial charge on any atom is 0.408 e. The van der Waals surface area contributed by atoms with E-state index in [9.17, 15) is 22.4 Å². The number of amides is 1. The summed E-state index contributed by atoms with van der Waals surface area (Å²) >= 11 is 0. The molecule has 0 saturated heterocycles. The summed E-state index contributed by atoms with van der Waals surface area (Å²) in [6, 6.07) is 11.5. The Morgan fingerprint density at radius 3 is 2.17 bits per heavy atom. The van der Waals surface area contributed by atoms with Crippen molar-refractivity contribution in [3.05, 3.63) is 65.5 Å². The predicted octanol–water partition coefficient (Wildman–Crippen LogP) is 3.54. The molecule has 3 rings (SSSR count). The molecule has 0 unspecified atom stereocenters. The van der Waals surface area contributed by atoms with Crippen LogP contribution in [-0.4, -0.2) is 37.2 Å². The number of hydrogen-bond donors (Lipinski definition) is 1. The van der Waals surface area contributed by atoms with Gasteiger partial charge in [-0.25, -0.2) is 17.6 Å².